The van der Waals surface area contributed by atoms with Crippen LogP contribution in [0.15, 0.2) is 36.9 Å². The van der Waals surface area contributed by atoms with Crippen LogP contribution in [0.25, 0.3) is 0 Å². The Kier molecular flexibility index (Phi) is 6.92. The number of aliphatic hydroxyl groups is 1. The average Bonchev–Trinajstić information content (AvgIpc) is 2.48. The summed E-state index contributed by atoms with van der Waals surface area (Å²) in [5.74, 6) is 0.720. The van der Waals surface area contributed by atoms with Gasteiger partial charge < -0.3 is 20.5 Å². The smallest absolute Gasteiger partial charge is 0.315 e. The zero-order chi connectivity index (χ0) is 16.6. The normalized spacial score (nSPS) is 12.4. The predicted molar refractivity (Wildman–Crippen MR) is 87.8 cm³/mol. The summed E-state index contributed by atoms with van der Waals surface area (Å²) < 4.78 is 5.53. The van der Waals surface area contributed by atoms with Gasteiger partial charge in [0.25, 0.3) is 0 Å². The van der Waals surface area contributed by atoms with Crippen LogP contribution in [0.4, 0.5) is 4.79 Å². The van der Waals surface area contributed by atoms with E-state index in [-0.39, 0.29) is 18.0 Å². The number of rotatable bonds is 7. The maximum absolute atomic E-state index is 11.8. The van der Waals surface area contributed by atoms with Gasteiger partial charge in [-0.2, -0.15) is 0 Å². The molecule has 1 unspecified atom stereocenters. The summed E-state index contributed by atoms with van der Waals surface area (Å²) in [6.45, 7) is 10.4. The molecule has 0 radical (unpaired) electrons. The van der Waals surface area contributed by atoms with Crippen molar-refractivity contribution in [2.45, 2.75) is 33.4 Å². The van der Waals surface area contributed by atoms with Gasteiger partial charge in [0.15, 0.2) is 0 Å². The summed E-state index contributed by atoms with van der Waals surface area (Å²) in [6, 6.07) is 7.19. The Morgan fingerprint density at radius 2 is 2.05 bits per heavy atom. The minimum Gasteiger partial charge on any atom is -0.489 e. The fraction of sp³-hybridized carbons (Fsp3) is 0.471. The monoisotopic (exact) mass is 306 g/mol. The van der Waals surface area contributed by atoms with Crippen LogP contribution in [0.3, 0.4) is 0 Å². The third kappa shape index (κ3) is 6.18. The topological polar surface area (TPSA) is 70.6 Å². The highest BCUT2D eigenvalue weighted by Gasteiger charge is 2.22. The number of aliphatic hydroxyl groups excluding tert-OH is 1. The molecule has 22 heavy (non-hydrogen) atoms. The minimum atomic E-state index is -0.596. The first kappa shape index (κ1) is 18.0. The second kappa shape index (κ2) is 8.44. The van der Waals surface area contributed by atoms with Crippen LogP contribution < -0.4 is 15.4 Å². The van der Waals surface area contributed by atoms with Crippen LogP contribution in [-0.4, -0.2) is 30.4 Å². The largest absolute Gasteiger partial charge is 0.489 e. The van der Waals surface area contributed by atoms with Gasteiger partial charge in [-0.3, -0.25) is 0 Å². The summed E-state index contributed by atoms with van der Waals surface area (Å²) in [5, 5.41) is 15.3. The maximum Gasteiger partial charge on any atom is 0.315 e. The van der Waals surface area contributed by atoms with Crippen LogP contribution in [0.5, 0.6) is 5.75 Å². The molecule has 5 heteroatoms. The van der Waals surface area contributed by atoms with E-state index >= 15 is 0 Å². The van der Waals surface area contributed by atoms with Gasteiger partial charge in [0.1, 0.15) is 12.4 Å². The number of nitrogens with one attached hydrogen (secondary N) is 2. The van der Waals surface area contributed by atoms with Crippen molar-refractivity contribution in [3.63, 3.8) is 0 Å². The van der Waals surface area contributed by atoms with E-state index in [4.69, 9.17) is 4.74 Å². The fourth-order valence-electron chi connectivity index (χ4n) is 1.67. The molecule has 1 atom stereocenters. The molecular weight excluding hydrogens is 280 g/mol. The summed E-state index contributed by atoms with van der Waals surface area (Å²) in [7, 11) is 0. The molecule has 2 amide bonds. The van der Waals surface area contributed by atoms with Crippen molar-refractivity contribution in [3.05, 3.63) is 42.5 Å². The van der Waals surface area contributed by atoms with Gasteiger partial charge in [0, 0.05) is 18.7 Å². The van der Waals surface area contributed by atoms with Gasteiger partial charge in [0.05, 0.1) is 6.10 Å². The average molecular weight is 306 g/mol. The highest BCUT2D eigenvalue weighted by atomic mass is 16.5. The molecule has 1 rings (SSSR count). The number of urea groups is 1. The van der Waals surface area contributed by atoms with Crippen molar-refractivity contribution in [1.82, 2.24) is 10.6 Å². The number of carbonyl (C=O) groups excluding carboxylic acids is 1. The highest BCUT2D eigenvalue weighted by molar-refractivity contribution is 5.73. The molecule has 0 aliphatic rings. The number of para-hydroxylation sites is 1. The molecule has 122 valence electrons. The number of carbonyl (C=O) groups is 1. The Morgan fingerprint density at radius 3 is 2.68 bits per heavy atom. The lowest BCUT2D eigenvalue weighted by Crippen LogP contribution is -2.43. The van der Waals surface area contributed by atoms with Gasteiger partial charge in [-0.25, -0.2) is 4.79 Å². The number of amides is 2. The van der Waals surface area contributed by atoms with Crippen LogP contribution in [0.1, 0.15) is 26.3 Å². The quantitative estimate of drug-likeness (QED) is 0.678. The van der Waals surface area contributed by atoms with Gasteiger partial charge in [-0.1, -0.05) is 51.6 Å². The Bertz CT molecular complexity index is 495. The van der Waals surface area contributed by atoms with Crippen molar-refractivity contribution < 1.29 is 14.6 Å². The van der Waals surface area contributed by atoms with Gasteiger partial charge in [-0.15, -0.1) is 0 Å². The Morgan fingerprint density at radius 1 is 1.36 bits per heavy atom. The highest BCUT2D eigenvalue weighted by Crippen LogP contribution is 2.18. The molecule has 0 fully saturated rings. The molecule has 5 nitrogen and oxygen atoms in total. The lowest BCUT2D eigenvalue weighted by Gasteiger charge is -2.25. The second-order valence-electron chi connectivity index (χ2n) is 6.15. The van der Waals surface area contributed by atoms with Crippen molar-refractivity contribution in [2.24, 2.45) is 5.41 Å². The molecule has 0 heterocycles. The molecule has 0 saturated carbocycles. The molecule has 0 aliphatic carbocycles. The van der Waals surface area contributed by atoms with E-state index in [0.29, 0.717) is 13.2 Å². The summed E-state index contributed by atoms with van der Waals surface area (Å²) in [5.41, 5.74) is 0.620. The first-order valence-electron chi connectivity index (χ1n) is 7.36. The zero-order valence-corrected chi connectivity index (χ0v) is 13.6. The van der Waals surface area contributed by atoms with E-state index in [2.05, 4.69) is 17.2 Å². The summed E-state index contributed by atoms with van der Waals surface area (Å²) in [4.78, 5) is 11.8. The summed E-state index contributed by atoms with van der Waals surface area (Å²) >= 11 is 0. The van der Waals surface area contributed by atoms with Crippen LogP contribution >= 0.6 is 0 Å². The summed E-state index contributed by atoms with van der Waals surface area (Å²) in [6.07, 6.45) is 1.08. The molecule has 0 bridgehead atoms. The minimum absolute atomic E-state index is 0.212. The SMILES string of the molecule is C=CCOc1ccccc1CNC(=O)NCC(O)C(C)(C)C. The van der Waals surface area contributed by atoms with Gasteiger partial charge in [-0.05, 0) is 11.5 Å². The van der Waals surface area contributed by atoms with E-state index in [1.165, 1.54) is 0 Å². The fourth-order valence-corrected chi connectivity index (χ4v) is 1.67. The predicted octanol–water partition coefficient (Wildman–Crippen LogP) is 2.46. The zero-order valence-electron chi connectivity index (χ0n) is 13.6. The molecule has 0 aliphatic heterocycles. The van der Waals surface area contributed by atoms with Gasteiger partial charge >= 0.3 is 6.03 Å². The number of benzene rings is 1. The van der Waals surface area contributed by atoms with E-state index in [9.17, 15) is 9.90 Å². The van der Waals surface area contributed by atoms with Crippen LogP contribution in [-0.2, 0) is 6.54 Å². The molecule has 3 N–H and O–H groups in total. The Labute approximate surface area is 132 Å². The maximum atomic E-state index is 11.8. The first-order valence-corrected chi connectivity index (χ1v) is 7.36. The molecule has 0 saturated heterocycles. The van der Waals surface area contributed by atoms with Crippen LogP contribution in [0, 0.1) is 5.41 Å². The Hall–Kier alpha value is -2.01. The first-order chi connectivity index (χ1) is 10.3. The van der Waals surface area contributed by atoms with Crippen LogP contribution in [0.2, 0.25) is 0 Å². The third-order valence-corrected chi connectivity index (χ3v) is 3.22. The lowest BCUT2D eigenvalue weighted by atomic mass is 9.89. The van der Waals surface area contributed by atoms with Crippen molar-refractivity contribution in [3.8, 4) is 5.75 Å². The Balaban J connectivity index is 2.46. The van der Waals surface area contributed by atoms with Gasteiger partial charge in [0.2, 0.25) is 0 Å². The second-order valence-corrected chi connectivity index (χ2v) is 6.15. The molecule has 1 aromatic rings. The van der Waals surface area contributed by atoms with Crippen molar-refractivity contribution >= 4 is 6.03 Å². The third-order valence-electron chi connectivity index (χ3n) is 3.22. The molecular formula is C17H26N2O3. The standard InChI is InChI=1S/C17H26N2O3/c1-5-10-22-14-9-7-6-8-13(14)11-18-16(21)19-12-15(20)17(2,3)4/h5-9,15,20H,1,10-12H2,2-4H3,(H2,18,19,21). The lowest BCUT2D eigenvalue weighted by molar-refractivity contribution is 0.0650. The molecule has 0 spiro atoms. The number of hydrogen-bond acceptors (Lipinski definition) is 3. The van der Waals surface area contributed by atoms with E-state index < -0.39 is 6.10 Å². The molecule has 1 aromatic carbocycles. The van der Waals surface area contributed by atoms with E-state index in [1.807, 2.05) is 45.0 Å². The van der Waals surface area contributed by atoms with Crippen molar-refractivity contribution in [1.29, 1.82) is 0 Å². The molecule has 0 aromatic heterocycles. The number of hydrogen-bond donors (Lipinski definition) is 3. The number of ether oxygens (including phenoxy) is 1. The van der Waals surface area contributed by atoms with Crippen molar-refractivity contribution in [2.75, 3.05) is 13.2 Å². The van der Waals surface area contributed by atoms with E-state index in [1.54, 1.807) is 6.08 Å². The van der Waals surface area contributed by atoms with E-state index in [0.717, 1.165) is 11.3 Å².